The molecule has 0 saturated carbocycles. The lowest BCUT2D eigenvalue weighted by molar-refractivity contribution is -0.671. The Balaban J connectivity index is 1.85. The van der Waals surface area contributed by atoms with E-state index in [1.54, 1.807) is 23.7 Å². The highest BCUT2D eigenvalue weighted by Gasteiger charge is 2.14. The maximum atomic E-state index is 11.1. The molecule has 0 fully saturated rings. The van der Waals surface area contributed by atoms with E-state index in [1.165, 1.54) is 12.3 Å². The molecule has 2 N–H and O–H groups in total. The van der Waals surface area contributed by atoms with Crippen LogP contribution in [0.3, 0.4) is 0 Å². The second kappa shape index (κ2) is 7.09. The molecule has 0 aliphatic heterocycles. The van der Waals surface area contributed by atoms with Crippen molar-refractivity contribution in [3.63, 3.8) is 0 Å². The number of nitro groups is 1. The van der Waals surface area contributed by atoms with Crippen molar-refractivity contribution in [3.05, 3.63) is 70.2 Å². The first kappa shape index (κ1) is 17.2. The number of aromatic nitrogens is 3. The number of aryl methyl sites for hydroxylation is 2. The van der Waals surface area contributed by atoms with Crippen molar-refractivity contribution in [2.45, 2.75) is 13.5 Å². The van der Waals surface area contributed by atoms with Crippen LogP contribution in [0.25, 0.3) is 0 Å². The third kappa shape index (κ3) is 3.72. The van der Waals surface area contributed by atoms with Crippen molar-refractivity contribution in [3.8, 4) is 0 Å². The Bertz CT molecular complexity index is 995. The van der Waals surface area contributed by atoms with Gasteiger partial charge in [-0.25, -0.2) is 9.25 Å². The lowest BCUT2D eigenvalue weighted by Gasteiger charge is -2.03. The number of nitrogens with two attached hydrogens (primary N) is 1. The molecule has 3 rings (SSSR count). The Morgan fingerprint density at radius 3 is 2.81 bits per heavy atom. The first-order valence-electron chi connectivity index (χ1n) is 7.86. The number of hydrogen-bond donors (Lipinski definition) is 1. The molecule has 0 bridgehead atoms. The maximum Gasteiger partial charge on any atom is 0.296 e. The standard InChI is InChI=1S/C17H18N7O2/c1-12-5-6-14(16(8-12)24(25)26)20-21-15-9-19-23(17(15)18)11-13-4-3-7-22(2)10-13/h3-10H,11,18H2,1-2H3/q+1. The normalized spacial score (nSPS) is 11.2. The molecule has 0 spiro atoms. The lowest BCUT2D eigenvalue weighted by Crippen LogP contribution is -2.27. The van der Waals surface area contributed by atoms with E-state index >= 15 is 0 Å². The zero-order valence-electron chi connectivity index (χ0n) is 14.4. The number of pyridine rings is 1. The molecule has 0 aliphatic carbocycles. The van der Waals surface area contributed by atoms with Crippen molar-refractivity contribution in [1.29, 1.82) is 0 Å². The average Bonchev–Trinajstić information content (AvgIpc) is 2.94. The van der Waals surface area contributed by atoms with E-state index in [-0.39, 0.29) is 11.4 Å². The zero-order chi connectivity index (χ0) is 18.7. The van der Waals surface area contributed by atoms with Crippen molar-refractivity contribution in [2.75, 3.05) is 5.73 Å². The molecule has 0 unspecified atom stereocenters. The van der Waals surface area contributed by atoms with Gasteiger partial charge in [-0.05, 0) is 24.6 Å². The fourth-order valence-electron chi connectivity index (χ4n) is 2.48. The number of azo groups is 1. The zero-order valence-corrected chi connectivity index (χ0v) is 14.4. The SMILES string of the molecule is Cc1ccc(N=Nc2cnn(Cc3ccc[n+](C)c3)c2N)c([N+](=O)[O-])c1. The van der Waals surface area contributed by atoms with Gasteiger partial charge in [0.25, 0.3) is 5.69 Å². The van der Waals surface area contributed by atoms with Crippen molar-refractivity contribution >= 4 is 22.9 Å². The van der Waals surface area contributed by atoms with E-state index in [4.69, 9.17) is 5.73 Å². The van der Waals surface area contributed by atoms with Crippen LogP contribution in [0.1, 0.15) is 11.1 Å². The van der Waals surface area contributed by atoms with Gasteiger partial charge in [-0.3, -0.25) is 10.1 Å². The van der Waals surface area contributed by atoms with Gasteiger partial charge in [-0.15, -0.1) is 10.2 Å². The molecule has 2 aromatic heterocycles. The number of anilines is 1. The first-order chi connectivity index (χ1) is 12.4. The summed E-state index contributed by atoms with van der Waals surface area (Å²) in [5.41, 5.74) is 8.32. The summed E-state index contributed by atoms with van der Waals surface area (Å²) < 4.78 is 3.54. The van der Waals surface area contributed by atoms with Crippen LogP contribution in [0.15, 0.2) is 59.2 Å². The van der Waals surface area contributed by atoms with E-state index in [9.17, 15) is 10.1 Å². The van der Waals surface area contributed by atoms with E-state index in [1.807, 2.05) is 36.1 Å². The monoisotopic (exact) mass is 352 g/mol. The molecule has 132 valence electrons. The third-order valence-electron chi connectivity index (χ3n) is 3.79. The fourth-order valence-corrected chi connectivity index (χ4v) is 2.48. The van der Waals surface area contributed by atoms with Gasteiger partial charge in [-0.2, -0.15) is 5.10 Å². The number of nitro benzene ring substituents is 1. The lowest BCUT2D eigenvalue weighted by atomic mass is 10.2. The Kier molecular flexibility index (Phi) is 4.70. The molecule has 3 aromatic rings. The van der Waals surface area contributed by atoms with Crippen LogP contribution in [-0.2, 0) is 13.6 Å². The van der Waals surface area contributed by atoms with Crippen LogP contribution in [0, 0.1) is 17.0 Å². The number of nitrogens with zero attached hydrogens (tertiary/aromatic N) is 6. The van der Waals surface area contributed by atoms with Crippen LogP contribution in [0.4, 0.5) is 22.9 Å². The summed E-state index contributed by atoms with van der Waals surface area (Å²) in [4.78, 5) is 10.7. The van der Waals surface area contributed by atoms with E-state index < -0.39 is 4.92 Å². The highest BCUT2D eigenvalue weighted by Crippen LogP contribution is 2.31. The van der Waals surface area contributed by atoms with Crippen molar-refractivity contribution < 1.29 is 9.49 Å². The van der Waals surface area contributed by atoms with Crippen LogP contribution >= 0.6 is 0 Å². The van der Waals surface area contributed by atoms with Crippen LogP contribution in [0.2, 0.25) is 0 Å². The van der Waals surface area contributed by atoms with E-state index in [0.717, 1.165) is 11.1 Å². The summed E-state index contributed by atoms with van der Waals surface area (Å²) in [5, 5.41) is 23.4. The molecule has 2 heterocycles. The van der Waals surface area contributed by atoms with Gasteiger partial charge in [0.05, 0.1) is 17.7 Å². The Labute approximate surface area is 149 Å². The number of rotatable bonds is 5. The molecule has 26 heavy (non-hydrogen) atoms. The number of benzene rings is 1. The summed E-state index contributed by atoms with van der Waals surface area (Å²) >= 11 is 0. The predicted octanol–water partition coefficient (Wildman–Crippen LogP) is 2.97. The van der Waals surface area contributed by atoms with Crippen molar-refractivity contribution in [2.24, 2.45) is 17.3 Å². The quantitative estimate of drug-likeness (QED) is 0.329. The van der Waals surface area contributed by atoms with Gasteiger partial charge in [0, 0.05) is 17.7 Å². The molecule has 9 nitrogen and oxygen atoms in total. The fraction of sp³-hybridized carbons (Fsp3) is 0.176. The molecule has 0 saturated heterocycles. The average molecular weight is 352 g/mol. The highest BCUT2D eigenvalue weighted by atomic mass is 16.6. The predicted molar refractivity (Wildman–Crippen MR) is 95.4 cm³/mol. The number of nitrogen functional groups attached to an aromatic ring is 1. The summed E-state index contributed by atoms with van der Waals surface area (Å²) in [6.07, 6.45) is 5.39. The Hall–Kier alpha value is -3.62. The van der Waals surface area contributed by atoms with Crippen molar-refractivity contribution in [1.82, 2.24) is 9.78 Å². The molecule has 0 atom stereocenters. The summed E-state index contributed by atoms with van der Waals surface area (Å²) in [5.74, 6) is 0.343. The van der Waals surface area contributed by atoms with Gasteiger partial charge < -0.3 is 5.73 Å². The molecular weight excluding hydrogens is 334 g/mol. The largest absolute Gasteiger partial charge is 0.382 e. The highest BCUT2D eigenvalue weighted by molar-refractivity contribution is 5.60. The maximum absolute atomic E-state index is 11.1. The summed E-state index contributed by atoms with van der Waals surface area (Å²) in [6.45, 7) is 2.26. The topological polar surface area (TPSA) is 116 Å². The summed E-state index contributed by atoms with van der Waals surface area (Å²) in [7, 11) is 1.93. The number of hydrogen-bond acceptors (Lipinski definition) is 6. The minimum absolute atomic E-state index is 0.100. The van der Waals surface area contributed by atoms with Gasteiger partial charge in [0.2, 0.25) is 0 Å². The van der Waals surface area contributed by atoms with E-state index in [2.05, 4.69) is 15.3 Å². The van der Waals surface area contributed by atoms with Crippen LogP contribution in [-0.4, -0.2) is 14.7 Å². The van der Waals surface area contributed by atoms with Crippen LogP contribution < -0.4 is 10.3 Å². The Morgan fingerprint density at radius 2 is 2.08 bits per heavy atom. The van der Waals surface area contributed by atoms with E-state index in [0.29, 0.717) is 18.1 Å². The second-order valence-corrected chi connectivity index (χ2v) is 5.90. The second-order valence-electron chi connectivity index (χ2n) is 5.90. The molecular formula is C17H18N7O2+. The van der Waals surface area contributed by atoms with Gasteiger partial charge >= 0.3 is 0 Å². The molecule has 1 aromatic carbocycles. The van der Waals surface area contributed by atoms with Gasteiger partial charge in [0.1, 0.15) is 18.6 Å². The van der Waals surface area contributed by atoms with Gasteiger partial charge in [-0.1, -0.05) is 6.07 Å². The summed E-state index contributed by atoms with van der Waals surface area (Å²) in [6, 6.07) is 8.66. The molecule has 0 aliphatic rings. The Morgan fingerprint density at radius 1 is 1.31 bits per heavy atom. The first-order valence-corrected chi connectivity index (χ1v) is 7.86. The third-order valence-corrected chi connectivity index (χ3v) is 3.79. The molecule has 9 heteroatoms. The molecule has 0 amide bonds. The minimum atomic E-state index is -0.483. The van der Waals surface area contributed by atoms with Gasteiger partial charge in [0.15, 0.2) is 18.1 Å². The minimum Gasteiger partial charge on any atom is -0.382 e. The molecule has 0 radical (unpaired) electrons. The van der Waals surface area contributed by atoms with Crippen LogP contribution in [0.5, 0.6) is 0 Å². The smallest absolute Gasteiger partial charge is 0.296 e.